The van der Waals surface area contributed by atoms with Crippen LogP contribution in [0.5, 0.6) is 17.2 Å². The Morgan fingerprint density at radius 2 is 1.72 bits per heavy atom. The van der Waals surface area contributed by atoms with Gasteiger partial charge in [0.25, 0.3) is 0 Å². The lowest BCUT2D eigenvalue weighted by molar-refractivity contribution is -0.131. The van der Waals surface area contributed by atoms with Gasteiger partial charge in [-0.15, -0.1) is 0 Å². The van der Waals surface area contributed by atoms with Gasteiger partial charge in [-0.3, -0.25) is 0 Å². The maximum atomic E-state index is 10.7. The largest absolute Gasteiger partial charge is 0.497 e. The third kappa shape index (κ3) is 5.88. The molecule has 5 heteroatoms. The first kappa shape index (κ1) is 18.4. The number of hydrogen-bond donors (Lipinski definition) is 1. The van der Waals surface area contributed by atoms with Crippen LogP contribution >= 0.6 is 0 Å². The Labute approximate surface area is 147 Å². The summed E-state index contributed by atoms with van der Waals surface area (Å²) in [7, 11) is 1.56. The molecule has 0 fully saturated rings. The third-order valence-electron chi connectivity index (χ3n) is 3.57. The number of rotatable bonds is 9. The van der Waals surface area contributed by atoms with Gasteiger partial charge in [-0.2, -0.15) is 0 Å². The predicted octanol–water partition coefficient (Wildman–Crippen LogP) is 3.81. The van der Waals surface area contributed by atoms with Crippen molar-refractivity contribution in [2.24, 2.45) is 0 Å². The maximum absolute atomic E-state index is 10.7. The number of carboxylic acid groups (broad SMARTS) is 1. The molecule has 0 amide bonds. The fourth-order valence-electron chi connectivity index (χ4n) is 2.20. The number of aliphatic carboxylic acids is 1. The van der Waals surface area contributed by atoms with E-state index in [0.29, 0.717) is 30.3 Å². The summed E-state index contributed by atoms with van der Waals surface area (Å²) in [4.78, 5) is 10.7. The van der Waals surface area contributed by atoms with Crippen LogP contribution < -0.4 is 14.2 Å². The molecule has 132 valence electrons. The van der Waals surface area contributed by atoms with Crippen molar-refractivity contribution in [3.8, 4) is 17.2 Å². The third-order valence-corrected chi connectivity index (χ3v) is 3.57. The minimum Gasteiger partial charge on any atom is -0.497 e. The summed E-state index contributed by atoms with van der Waals surface area (Å²) in [6.45, 7) is 2.82. The molecule has 0 unspecified atom stereocenters. The molecule has 0 saturated heterocycles. The number of benzene rings is 2. The number of aryl methyl sites for hydroxylation is 1. The van der Waals surface area contributed by atoms with Gasteiger partial charge < -0.3 is 19.3 Å². The average molecular weight is 342 g/mol. The first-order valence-corrected chi connectivity index (χ1v) is 8.06. The zero-order valence-corrected chi connectivity index (χ0v) is 14.4. The van der Waals surface area contributed by atoms with Crippen molar-refractivity contribution >= 4 is 12.0 Å². The predicted molar refractivity (Wildman–Crippen MR) is 96.5 cm³/mol. The van der Waals surface area contributed by atoms with E-state index < -0.39 is 5.97 Å². The molecular formula is C20H22O5. The van der Waals surface area contributed by atoms with Gasteiger partial charge in [-0.05, 0) is 42.3 Å². The van der Waals surface area contributed by atoms with Crippen LogP contribution in [0.4, 0.5) is 0 Å². The number of carbonyl (C=O) groups is 1. The van der Waals surface area contributed by atoms with Gasteiger partial charge in [0.2, 0.25) is 0 Å². The van der Waals surface area contributed by atoms with E-state index >= 15 is 0 Å². The van der Waals surface area contributed by atoms with E-state index in [0.717, 1.165) is 18.2 Å². The number of hydrogen-bond acceptors (Lipinski definition) is 4. The van der Waals surface area contributed by atoms with Crippen LogP contribution in [0, 0.1) is 0 Å². The van der Waals surface area contributed by atoms with Crippen molar-refractivity contribution in [3.05, 3.63) is 59.7 Å². The van der Waals surface area contributed by atoms with Gasteiger partial charge in [0, 0.05) is 17.7 Å². The molecule has 2 aromatic rings. The topological polar surface area (TPSA) is 65.0 Å². The summed E-state index contributed by atoms with van der Waals surface area (Å²) in [6, 6.07) is 13.2. The molecule has 0 aromatic heterocycles. The van der Waals surface area contributed by atoms with E-state index in [1.165, 1.54) is 11.6 Å². The lowest BCUT2D eigenvalue weighted by atomic mass is 10.1. The summed E-state index contributed by atoms with van der Waals surface area (Å²) < 4.78 is 16.6. The lowest BCUT2D eigenvalue weighted by Crippen LogP contribution is -2.09. The zero-order valence-electron chi connectivity index (χ0n) is 14.4. The normalized spacial score (nSPS) is 10.6. The molecule has 1 N–H and O–H groups in total. The average Bonchev–Trinajstić information content (AvgIpc) is 2.64. The van der Waals surface area contributed by atoms with Crippen LogP contribution in [0.3, 0.4) is 0 Å². The van der Waals surface area contributed by atoms with E-state index in [4.69, 9.17) is 19.3 Å². The Morgan fingerprint density at radius 3 is 2.36 bits per heavy atom. The molecule has 0 aliphatic rings. The van der Waals surface area contributed by atoms with Crippen LogP contribution in [0.25, 0.3) is 6.08 Å². The summed E-state index contributed by atoms with van der Waals surface area (Å²) in [5.41, 5.74) is 1.92. The highest BCUT2D eigenvalue weighted by Gasteiger charge is 2.05. The molecular weight excluding hydrogens is 320 g/mol. The van der Waals surface area contributed by atoms with Gasteiger partial charge in [-0.25, -0.2) is 4.79 Å². The second kappa shape index (κ2) is 9.37. The van der Waals surface area contributed by atoms with Crippen LogP contribution in [-0.4, -0.2) is 31.4 Å². The van der Waals surface area contributed by atoms with E-state index in [1.54, 1.807) is 25.3 Å². The Bertz CT molecular complexity index is 719. The van der Waals surface area contributed by atoms with E-state index in [2.05, 4.69) is 6.92 Å². The standard InChI is InChI=1S/C20H22O5/c1-3-15-4-8-17(9-5-15)24-12-13-25-19-14-18(23-2)10-6-16(19)7-11-20(21)22/h4-11,14H,3,12-13H2,1-2H3,(H,21,22). The monoisotopic (exact) mass is 342 g/mol. The van der Waals surface area contributed by atoms with E-state index in [9.17, 15) is 4.79 Å². The fourth-order valence-corrected chi connectivity index (χ4v) is 2.20. The van der Waals surface area contributed by atoms with Crippen LogP contribution in [-0.2, 0) is 11.2 Å². The summed E-state index contributed by atoms with van der Waals surface area (Å²) in [5.74, 6) is 0.957. The van der Waals surface area contributed by atoms with Gasteiger partial charge in [0.05, 0.1) is 7.11 Å². The highest BCUT2D eigenvalue weighted by molar-refractivity contribution is 5.86. The fraction of sp³-hybridized carbons (Fsp3) is 0.250. The number of carboxylic acids is 1. The minimum atomic E-state index is -1.01. The van der Waals surface area contributed by atoms with E-state index in [1.807, 2.05) is 24.3 Å². The molecule has 0 saturated carbocycles. The number of methoxy groups -OCH3 is 1. The molecule has 2 aromatic carbocycles. The van der Waals surface area contributed by atoms with Gasteiger partial charge in [0.1, 0.15) is 30.5 Å². The van der Waals surface area contributed by atoms with Gasteiger partial charge >= 0.3 is 5.97 Å². The van der Waals surface area contributed by atoms with Crippen molar-refractivity contribution < 1.29 is 24.1 Å². The first-order valence-electron chi connectivity index (χ1n) is 8.06. The molecule has 0 spiro atoms. The van der Waals surface area contributed by atoms with Crippen molar-refractivity contribution in [3.63, 3.8) is 0 Å². The Balaban J connectivity index is 1.94. The van der Waals surface area contributed by atoms with Gasteiger partial charge in [0.15, 0.2) is 0 Å². The van der Waals surface area contributed by atoms with Crippen molar-refractivity contribution in [2.75, 3.05) is 20.3 Å². The summed E-state index contributed by atoms with van der Waals surface area (Å²) >= 11 is 0. The second-order valence-corrected chi connectivity index (χ2v) is 5.27. The first-order chi connectivity index (χ1) is 12.1. The number of ether oxygens (including phenoxy) is 3. The van der Waals surface area contributed by atoms with Crippen LogP contribution in [0.1, 0.15) is 18.1 Å². The smallest absolute Gasteiger partial charge is 0.328 e. The SMILES string of the molecule is CCc1ccc(OCCOc2cc(OC)ccc2C=CC(=O)O)cc1. The van der Waals surface area contributed by atoms with Crippen molar-refractivity contribution in [2.45, 2.75) is 13.3 Å². The molecule has 0 heterocycles. The lowest BCUT2D eigenvalue weighted by Gasteiger charge is -2.12. The molecule has 0 radical (unpaired) electrons. The molecule has 0 atom stereocenters. The summed E-state index contributed by atoms with van der Waals surface area (Å²) in [6.07, 6.45) is 3.55. The Morgan fingerprint density at radius 1 is 1.04 bits per heavy atom. The van der Waals surface area contributed by atoms with Crippen molar-refractivity contribution in [1.29, 1.82) is 0 Å². The Kier molecular flexibility index (Phi) is 6.89. The quantitative estimate of drug-likeness (QED) is 0.554. The van der Waals surface area contributed by atoms with E-state index in [-0.39, 0.29) is 0 Å². The van der Waals surface area contributed by atoms with Crippen molar-refractivity contribution in [1.82, 2.24) is 0 Å². The zero-order chi connectivity index (χ0) is 18.1. The molecule has 2 rings (SSSR count). The Hall–Kier alpha value is -2.95. The maximum Gasteiger partial charge on any atom is 0.328 e. The minimum absolute atomic E-state index is 0.330. The van der Waals surface area contributed by atoms with Crippen LogP contribution in [0.15, 0.2) is 48.5 Å². The molecule has 0 aliphatic carbocycles. The highest BCUT2D eigenvalue weighted by Crippen LogP contribution is 2.26. The second-order valence-electron chi connectivity index (χ2n) is 5.27. The summed E-state index contributed by atoms with van der Waals surface area (Å²) in [5, 5.41) is 8.77. The van der Waals surface area contributed by atoms with Crippen LogP contribution in [0.2, 0.25) is 0 Å². The molecule has 0 bridgehead atoms. The highest BCUT2D eigenvalue weighted by atomic mass is 16.5. The molecule has 25 heavy (non-hydrogen) atoms. The molecule has 0 aliphatic heterocycles. The van der Waals surface area contributed by atoms with Gasteiger partial charge in [-0.1, -0.05) is 19.1 Å². The molecule has 5 nitrogen and oxygen atoms in total.